The van der Waals surface area contributed by atoms with Crippen LogP contribution in [0.3, 0.4) is 0 Å². The Morgan fingerprint density at radius 3 is 2.83 bits per heavy atom. The Morgan fingerprint density at radius 1 is 1.67 bits per heavy atom. The first-order valence-electron chi connectivity index (χ1n) is 6.16. The number of aryl methyl sites for hydroxylation is 1. The number of carbonyl (C=O) groups excluding carboxylic acids is 1. The van der Waals surface area contributed by atoms with Crippen LogP contribution in [0.15, 0.2) is 6.20 Å². The van der Waals surface area contributed by atoms with Crippen LogP contribution in [0, 0.1) is 0 Å². The van der Waals surface area contributed by atoms with Crippen molar-refractivity contribution in [3.8, 4) is 0 Å². The summed E-state index contributed by atoms with van der Waals surface area (Å²) in [6, 6.07) is -0.653. The van der Waals surface area contributed by atoms with Crippen molar-refractivity contribution in [3.63, 3.8) is 0 Å². The van der Waals surface area contributed by atoms with Gasteiger partial charge in [-0.1, -0.05) is 0 Å². The normalized spacial score (nSPS) is 18.4. The van der Waals surface area contributed by atoms with Gasteiger partial charge in [0, 0.05) is 12.6 Å². The van der Waals surface area contributed by atoms with E-state index in [1.54, 1.807) is 17.9 Å². The summed E-state index contributed by atoms with van der Waals surface area (Å²) < 4.78 is 1.54. The Bertz CT molecular complexity index is 438. The van der Waals surface area contributed by atoms with Crippen LogP contribution in [-0.4, -0.2) is 44.7 Å². The zero-order valence-electron chi connectivity index (χ0n) is 10.6. The summed E-state index contributed by atoms with van der Waals surface area (Å²) in [6.45, 7) is 1.24. The molecule has 1 heterocycles. The molecule has 18 heavy (non-hydrogen) atoms. The number of aliphatic hydroxyl groups is 2. The lowest BCUT2D eigenvalue weighted by molar-refractivity contribution is 0.0749. The third-order valence-corrected chi connectivity index (χ3v) is 3.29. The number of aromatic nitrogens is 2. The summed E-state index contributed by atoms with van der Waals surface area (Å²) in [6.07, 6.45) is 3.11. The maximum atomic E-state index is 12.2. The molecule has 1 aromatic rings. The van der Waals surface area contributed by atoms with Crippen molar-refractivity contribution in [1.29, 1.82) is 0 Å². The number of rotatable bonds is 5. The Balaban J connectivity index is 2.15. The predicted octanol–water partition coefficient (Wildman–Crippen LogP) is -0.231. The van der Waals surface area contributed by atoms with Gasteiger partial charge in [0.1, 0.15) is 5.69 Å². The average molecular weight is 253 g/mol. The maximum Gasteiger partial charge on any atom is 0.270 e. The van der Waals surface area contributed by atoms with Gasteiger partial charge in [0.2, 0.25) is 0 Å². The highest BCUT2D eigenvalue weighted by Crippen LogP contribution is 2.41. The van der Waals surface area contributed by atoms with Crippen molar-refractivity contribution >= 4 is 5.91 Å². The molecule has 0 bridgehead atoms. The second-order valence-corrected chi connectivity index (χ2v) is 4.85. The molecule has 1 fully saturated rings. The number of aliphatic hydroxyl groups excluding tert-OH is 2. The molecule has 0 aliphatic heterocycles. The minimum atomic E-state index is -0.795. The molecular formula is C12H19N3O3. The minimum absolute atomic E-state index is 0.292. The lowest BCUT2D eigenvalue weighted by Gasteiger charge is -2.19. The highest BCUT2D eigenvalue weighted by atomic mass is 16.3. The number of amides is 1. The van der Waals surface area contributed by atoms with Crippen LogP contribution in [-0.2, 0) is 7.05 Å². The van der Waals surface area contributed by atoms with Gasteiger partial charge in [-0.05, 0) is 25.7 Å². The molecule has 6 nitrogen and oxygen atoms in total. The van der Waals surface area contributed by atoms with Crippen molar-refractivity contribution < 1.29 is 15.0 Å². The van der Waals surface area contributed by atoms with E-state index >= 15 is 0 Å². The summed E-state index contributed by atoms with van der Waals surface area (Å²) in [4.78, 5) is 12.2. The number of carbonyl (C=O) groups is 1. The smallest absolute Gasteiger partial charge is 0.270 e. The highest BCUT2D eigenvalue weighted by molar-refractivity contribution is 5.94. The monoisotopic (exact) mass is 253 g/mol. The first-order chi connectivity index (χ1) is 8.54. The van der Waals surface area contributed by atoms with Crippen molar-refractivity contribution in [2.45, 2.75) is 37.8 Å². The lowest BCUT2D eigenvalue weighted by Crippen LogP contribution is -2.45. The van der Waals surface area contributed by atoms with E-state index in [0.717, 1.165) is 18.4 Å². The number of hydrogen-bond donors (Lipinski definition) is 3. The minimum Gasteiger partial charge on any atom is -0.394 e. The second kappa shape index (κ2) is 5.07. The third-order valence-electron chi connectivity index (χ3n) is 3.29. The third kappa shape index (κ3) is 2.54. The molecule has 3 N–H and O–H groups in total. The Kier molecular flexibility index (Phi) is 3.68. The molecule has 2 rings (SSSR count). The van der Waals surface area contributed by atoms with Gasteiger partial charge in [0.15, 0.2) is 0 Å². The number of nitrogens with one attached hydrogen (secondary N) is 1. The first-order valence-corrected chi connectivity index (χ1v) is 6.16. The first kappa shape index (κ1) is 13.0. The van der Waals surface area contributed by atoms with E-state index in [0.29, 0.717) is 11.6 Å². The number of hydrogen-bond acceptors (Lipinski definition) is 4. The molecular weight excluding hydrogens is 234 g/mol. The van der Waals surface area contributed by atoms with Crippen LogP contribution in [0.25, 0.3) is 0 Å². The molecule has 1 aromatic heterocycles. The Labute approximate surface area is 106 Å². The summed E-state index contributed by atoms with van der Waals surface area (Å²) in [7, 11) is 1.72. The molecule has 1 aliphatic rings. The fourth-order valence-electron chi connectivity index (χ4n) is 1.98. The van der Waals surface area contributed by atoms with E-state index in [1.165, 1.54) is 6.92 Å². The van der Waals surface area contributed by atoms with E-state index in [2.05, 4.69) is 10.4 Å². The van der Waals surface area contributed by atoms with Gasteiger partial charge < -0.3 is 15.5 Å². The summed E-state index contributed by atoms with van der Waals surface area (Å²) in [5.74, 6) is 0.135. The van der Waals surface area contributed by atoms with Gasteiger partial charge >= 0.3 is 0 Å². The fourth-order valence-corrected chi connectivity index (χ4v) is 1.98. The quantitative estimate of drug-likeness (QED) is 0.676. The van der Waals surface area contributed by atoms with E-state index in [1.807, 2.05) is 0 Å². The molecule has 0 aromatic carbocycles. The standard InChI is InChI=1S/C12H19N3O3/c1-7(17)10(6-16)14-12(18)11-9(8-3-4-8)5-13-15(11)2/h5,7-8,10,16-17H,3-4,6H2,1-2H3,(H,14,18)/t7-,10-/m1/s1. The van der Waals surface area contributed by atoms with Gasteiger partial charge in [0.05, 0.1) is 24.9 Å². The largest absolute Gasteiger partial charge is 0.394 e. The van der Waals surface area contributed by atoms with Crippen LogP contribution < -0.4 is 5.32 Å². The van der Waals surface area contributed by atoms with Crippen molar-refractivity contribution in [1.82, 2.24) is 15.1 Å². The summed E-state index contributed by atoms with van der Waals surface area (Å²) in [5, 5.41) is 25.3. The van der Waals surface area contributed by atoms with Crippen LogP contribution in [0.5, 0.6) is 0 Å². The van der Waals surface area contributed by atoms with E-state index in [-0.39, 0.29) is 12.5 Å². The molecule has 1 saturated carbocycles. The zero-order chi connectivity index (χ0) is 13.3. The molecule has 1 aliphatic carbocycles. The van der Waals surface area contributed by atoms with Crippen LogP contribution in [0.1, 0.15) is 41.7 Å². The van der Waals surface area contributed by atoms with Gasteiger partial charge in [-0.3, -0.25) is 9.48 Å². The van der Waals surface area contributed by atoms with Gasteiger partial charge in [0.25, 0.3) is 5.91 Å². The van der Waals surface area contributed by atoms with Gasteiger partial charge in [-0.25, -0.2) is 0 Å². The molecule has 0 saturated heterocycles. The van der Waals surface area contributed by atoms with Crippen molar-refractivity contribution in [2.75, 3.05) is 6.61 Å². The SMILES string of the molecule is C[C@@H](O)[C@@H](CO)NC(=O)c1c(C2CC2)cnn1C. The van der Waals surface area contributed by atoms with E-state index in [4.69, 9.17) is 5.11 Å². The Morgan fingerprint density at radius 2 is 2.33 bits per heavy atom. The Hall–Kier alpha value is -1.40. The molecule has 1 amide bonds. The molecule has 0 spiro atoms. The summed E-state index contributed by atoms with van der Waals surface area (Å²) >= 11 is 0. The van der Waals surface area contributed by atoms with Crippen LogP contribution >= 0.6 is 0 Å². The lowest BCUT2D eigenvalue weighted by atomic mass is 10.1. The average Bonchev–Trinajstić information content (AvgIpc) is 3.09. The van der Waals surface area contributed by atoms with Gasteiger partial charge in [-0.15, -0.1) is 0 Å². The molecule has 6 heteroatoms. The highest BCUT2D eigenvalue weighted by Gasteiger charge is 2.31. The second-order valence-electron chi connectivity index (χ2n) is 4.85. The molecule has 0 radical (unpaired) electrons. The van der Waals surface area contributed by atoms with Crippen LogP contribution in [0.2, 0.25) is 0 Å². The van der Waals surface area contributed by atoms with Gasteiger partial charge in [-0.2, -0.15) is 5.10 Å². The fraction of sp³-hybridized carbons (Fsp3) is 0.667. The number of nitrogens with zero attached hydrogens (tertiary/aromatic N) is 2. The molecule has 0 unspecified atom stereocenters. The molecule has 100 valence electrons. The summed E-state index contributed by atoms with van der Waals surface area (Å²) in [5.41, 5.74) is 1.48. The maximum absolute atomic E-state index is 12.2. The molecule has 2 atom stereocenters. The van der Waals surface area contributed by atoms with E-state index in [9.17, 15) is 9.90 Å². The van der Waals surface area contributed by atoms with Crippen molar-refractivity contribution in [2.24, 2.45) is 7.05 Å². The van der Waals surface area contributed by atoms with Crippen molar-refractivity contribution in [3.05, 3.63) is 17.5 Å². The van der Waals surface area contributed by atoms with Crippen LogP contribution in [0.4, 0.5) is 0 Å². The van der Waals surface area contributed by atoms with E-state index < -0.39 is 12.1 Å². The zero-order valence-corrected chi connectivity index (χ0v) is 10.6. The predicted molar refractivity (Wildman–Crippen MR) is 65.2 cm³/mol. The topological polar surface area (TPSA) is 87.4 Å².